The van der Waals surface area contributed by atoms with Crippen molar-refractivity contribution in [3.63, 3.8) is 0 Å². The topological polar surface area (TPSA) is 130 Å². The number of aromatic nitrogens is 1. The van der Waals surface area contributed by atoms with Crippen LogP contribution in [-0.4, -0.2) is 64.0 Å². The molecule has 1 heterocycles. The van der Waals surface area contributed by atoms with Crippen molar-refractivity contribution in [1.82, 2.24) is 15.2 Å². The lowest BCUT2D eigenvalue weighted by Crippen LogP contribution is -2.62. The molecule has 0 unspecified atom stereocenters. The molecule has 2 saturated carbocycles. The first-order chi connectivity index (χ1) is 23.2. The Morgan fingerprint density at radius 2 is 1.59 bits per heavy atom. The maximum atomic E-state index is 13.2. The minimum Gasteiger partial charge on any atom is -0.453 e. The number of hydrogen-bond donors (Lipinski definition) is 3. The number of alkyl carbamates (subject to hydrolysis) is 1. The van der Waals surface area contributed by atoms with E-state index in [1.807, 2.05) is 88.4 Å². The summed E-state index contributed by atoms with van der Waals surface area (Å²) in [6.07, 6.45) is 5.55. The lowest BCUT2D eigenvalue weighted by atomic mass is 9.62. The fraction of sp³-hybridized carbons (Fsp3) is 0.487. The van der Waals surface area contributed by atoms with Gasteiger partial charge in [-0.1, -0.05) is 54.6 Å². The molecule has 49 heavy (non-hydrogen) atoms. The first kappa shape index (κ1) is 35.9. The van der Waals surface area contributed by atoms with Crippen LogP contribution in [0.2, 0.25) is 0 Å². The third-order valence-electron chi connectivity index (χ3n) is 9.59. The van der Waals surface area contributed by atoms with Gasteiger partial charge < -0.3 is 30.1 Å². The second kappa shape index (κ2) is 14.6. The predicted octanol–water partition coefficient (Wildman–Crippen LogP) is 7.66. The number of carbonyl (C=O) groups excluding carboxylic acids is 3. The first-order valence-corrected chi connectivity index (χ1v) is 17.3. The van der Waals surface area contributed by atoms with Gasteiger partial charge in [0.2, 0.25) is 5.91 Å². The van der Waals surface area contributed by atoms with Crippen LogP contribution in [0, 0.1) is 5.92 Å². The number of benzene rings is 2. The molecule has 262 valence electrons. The summed E-state index contributed by atoms with van der Waals surface area (Å²) in [6, 6.07) is 20.0. The Bertz CT molecular complexity index is 1620. The number of hydrogen-bond acceptors (Lipinski definition) is 7. The van der Waals surface area contributed by atoms with Crippen molar-refractivity contribution in [2.45, 2.75) is 102 Å². The number of aliphatic hydroxyl groups is 1. The van der Waals surface area contributed by atoms with E-state index in [-0.39, 0.29) is 24.0 Å². The number of rotatable bonds is 9. The molecule has 0 aliphatic heterocycles. The van der Waals surface area contributed by atoms with Crippen molar-refractivity contribution in [3.8, 4) is 22.3 Å². The van der Waals surface area contributed by atoms with Crippen molar-refractivity contribution in [2.24, 2.45) is 5.92 Å². The predicted molar refractivity (Wildman–Crippen MR) is 190 cm³/mol. The van der Waals surface area contributed by atoms with E-state index in [1.54, 1.807) is 18.0 Å². The van der Waals surface area contributed by atoms with Crippen LogP contribution < -0.4 is 10.6 Å². The maximum Gasteiger partial charge on any atom is 0.409 e. The van der Waals surface area contributed by atoms with E-state index in [9.17, 15) is 19.5 Å². The van der Waals surface area contributed by atoms with E-state index < -0.39 is 22.8 Å². The molecule has 2 fully saturated rings. The third kappa shape index (κ3) is 8.78. The molecule has 10 nitrogen and oxygen atoms in total. The SMILES string of the molecule is CCN(C(=O)OC)C1CCC(CC(=O)Nc2cc(-c3ccccc3)c(-c3ccc([C@]4(NC(=O)OC(C)(C)C)C[C@](C)(O)C4)cc3)cn2)CC1. The summed E-state index contributed by atoms with van der Waals surface area (Å²) in [5, 5.41) is 16.7. The largest absolute Gasteiger partial charge is 0.453 e. The third-order valence-corrected chi connectivity index (χ3v) is 9.59. The van der Waals surface area contributed by atoms with Crippen LogP contribution in [0.15, 0.2) is 66.9 Å². The van der Waals surface area contributed by atoms with E-state index >= 15 is 0 Å². The maximum absolute atomic E-state index is 13.2. The molecule has 10 heteroatoms. The number of amides is 3. The van der Waals surface area contributed by atoms with Gasteiger partial charge in [0.15, 0.2) is 0 Å². The average molecular weight is 671 g/mol. The van der Waals surface area contributed by atoms with Crippen molar-refractivity contribution in [2.75, 3.05) is 19.0 Å². The molecule has 0 spiro atoms. The molecular weight excluding hydrogens is 620 g/mol. The summed E-state index contributed by atoms with van der Waals surface area (Å²) in [5.41, 5.74) is 2.35. The summed E-state index contributed by atoms with van der Waals surface area (Å²) in [4.78, 5) is 44.5. The van der Waals surface area contributed by atoms with Crippen LogP contribution in [0.1, 0.15) is 85.1 Å². The monoisotopic (exact) mass is 670 g/mol. The Hall–Kier alpha value is -4.44. The molecule has 3 amide bonds. The van der Waals surface area contributed by atoms with Crippen LogP contribution in [0.25, 0.3) is 22.3 Å². The molecule has 3 aromatic rings. The van der Waals surface area contributed by atoms with Crippen molar-refractivity contribution in [3.05, 3.63) is 72.4 Å². The smallest absolute Gasteiger partial charge is 0.409 e. The van der Waals surface area contributed by atoms with Gasteiger partial charge in [0.1, 0.15) is 11.4 Å². The zero-order valence-electron chi connectivity index (χ0n) is 29.5. The Labute approximate surface area is 289 Å². The molecule has 2 aliphatic rings. The number of pyridine rings is 1. The van der Waals surface area contributed by atoms with Gasteiger partial charge in [0.25, 0.3) is 0 Å². The molecular formula is C39H50N4O6. The number of nitrogens with one attached hydrogen (secondary N) is 2. The lowest BCUT2D eigenvalue weighted by Gasteiger charge is -2.52. The molecule has 0 saturated heterocycles. The molecule has 0 bridgehead atoms. The summed E-state index contributed by atoms with van der Waals surface area (Å²) in [5.74, 6) is 0.649. The van der Waals surface area contributed by atoms with Crippen molar-refractivity contribution < 1.29 is 29.0 Å². The zero-order valence-corrected chi connectivity index (χ0v) is 29.5. The Balaban J connectivity index is 1.31. The normalized spacial score (nSPS) is 23.5. The minimum atomic E-state index is -0.890. The fourth-order valence-corrected chi connectivity index (χ4v) is 7.46. The van der Waals surface area contributed by atoms with Gasteiger partial charge in [-0.15, -0.1) is 0 Å². The molecule has 0 radical (unpaired) electrons. The van der Waals surface area contributed by atoms with Crippen molar-refractivity contribution >= 4 is 23.9 Å². The van der Waals surface area contributed by atoms with Crippen LogP contribution >= 0.6 is 0 Å². The van der Waals surface area contributed by atoms with Crippen LogP contribution in [-0.2, 0) is 19.8 Å². The highest BCUT2D eigenvalue weighted by Gasteiger charge is 2.53. The summed E-state index contributed by atoms with van der Waals surface area (Å²) >= 11 is 0. The average Bonchev–Trinajstić information content (AvgIpc) is 3.04. The summed E-state index contributed by atoms with van der Waals surface area (Å²) < 4.78 is 10.5. The number of anilines is 1. The Morgan fingerprint density at radius 3 is 2.16 bits per heavy atom. The Kier molecular flexibility index (Phi) is 10.7. The highest BCUT2D eigenvalue weighted by Crippen LogP contribution is 2.49. The molecule has 3 N–H and O–H groups in total. The minimum absolute atomic E-state index is 0.0773. The number of carbonyl (C=O) groups is 3. The molecule has 2 aromatic carbocycles. The molecule has 2 aliphatic carbocycles. The van der Waals surface area contributed by atoms with Crippen LogP contribution in [0.3, 0.4) is 0 Å². The van der Waals surface area contributed by atoms with E-state index in [4.69, 9.17) is 9.47 Å². The molecule has 0 atom stereocenters. The van der Waals surface area contributed by atoms with E-state index in [0.29, 0.717) is 31.6 Å². The lowest BCUT2D eigenvalue weighted by molar-refractivity contribution is -0.117. The number of methoxy groups -OCH3 is 1. The quantitative estimate of drug-likeness (QED) is 0.213. The number of nitrogens with zero attached hydrogens (tertiary/aromatic N) is 2. The van der Waals surface area contributed by atoms with Gasteiger partial charge in [0.05, 0.1) is 18.2 Å². The number of ether oxygens (including phenoxy) is 2. The van der Waals surface area contributed by atoms with Crippen molar-refractivity contribution in [1.29, 1.82) is 0 Å². The van der Waals surface area contributed by atoms with Gasteiger partial charge in [-0.3, -0.25) is 4.79 Å². The second-order valence-corrected chi connectivity index (χ2v) is 14.8. The fourth-order valence-electron chi connectivity index (χ4n) is 7.46. The van der Waals surface area contributed by atoms with Crippen LogP contribution in [0.5, 0.6) is 0 Å². The molecule has 5 rings (SSSR count). The van der Waals surface area contributed by atoms with E-state index in [1.165, 1.54) is 7.11 Å². The Morgan fingerprint density at radius 1 is 0.959 bits per heavy atom. The highest BCUT2D eigenvalue weighted by atomic mass is 16.6. The van der Waals surface area contributed by atoms with Gasteiger partial charge in [-0.25, -0.2) is 14.6 Å². The first-order valence-electron chi connectivity index (χ1n) is 17.3. The van der Waals surface area contributed by atoms with Crippen LogP contribution in [0.4, 0.5) is 15.4 Å². The van der Waals surface area contributed by atoms with Gasteiger partial charge in [0, 0.05) is 43.6 Å². The molecule has 1 aromatic heterocycles. The summed E-state index contributed by atoms with van der Waals surface area (Å²) in [6.45, 7) is 9.79. The highest BCUT2D eigenvalue weighted by molar-refractivity contribution is 5.92. The van der Waals surface area contributed by atoms with Gasteiger partial charge in [-0.2, -0.15) is 0 Å². The van der Waals surface area contributed by atoms with Gasteiger partial charge >= 0.3 is 12.2 Å². The zero-order chi connectivity index (χ0) is 35.4. The van der Waals surface area contributed by atoms with E-state index in [2.05, 4.69) is 15.6 Å². The van der Waals surface area contributed by atoms with Gasteiger partial charge in [-0.05, 0) is 94.5 Å². The summed E-state index contributed by atoms with van der Waals surface area (Å²) in [7, 11) is 1.41. The van der Waals surface area contributed by atoms with E-state index in [0.717, 1.165) is 53.5 Å². The standard InChI is InChI=1S/C39H50N4O6/c1-7-43(36(46)48-6)30-19-13-26(14-20-30)21-34(44)41-33-22-31(27-11-9-8-10-12-27)32(23-40-33)28-15-17-29(18-16-28)39(24-38(5,47)25-39)42-35(45)49-37(2,3)4/h8-12,15-18,22-23,26,30,47H,7,13-14,19-21,24-25H2,1-6H3,(H,42,45)(H,40,41,44)/t26?,30?,38-,39-. The second-order valence-electron chi connectivity index (χ2n) is 14.8.